The van der Waals surface area contributed by atoms with E-state index in [4.69, 9.17) is 26.4 Å². The predicted octanol–water partition coefficient (Wildman–Crippen LogP) is 4.35. The summed E-state index contributed by atoms with van der Waals surface area (Å²) in [5, 5.41) is 20.0. The molecule has 0 fully saturated rings. The van der Waals surface area contributed by atoms with Gasteiger partial charge in [-0.3, -0.25) is 10.1 Å². The summed E-state index contributed by atoms with van der Waals surface area (Å²) in [4.78, 5) is 22.6. The van der Waals surface area contributed by atoms with Crippen LogP contribution in [0.1, 0.15) is 29.7 Å². The first-order valence-electron chi connectivity index (χ1n) is 11.4. The first-order valence-corrected chi connectivity index (χ1v) is 11.8. The molecule has 2 heterocycles. The van der Waals surface area contributed by atoms with Gasteiger partial charge in [0.1, 0.15) is 11.6 Å². The second-order valence-electron chi connectivity index (χ2n) is 8.47. The number of fused-ring (bicyclic) bond motifs is 1. The summed E-state index contributed by atoms with van der Waals surface area (Å²) >= 11 is 6.61. The van der Waals surface area contributed by atoms with E-state index < -0.39 is 6.04 Å². The van der Waals surface area contributed by atoms with Crippen molar-refractivity contribution in [2.75, 3.05) is 18.9 Å². The highest BCUT2D eigenvalue weighted by molar-refractivity contribution is 6.31. The van der Waals surface area contributed by atoms with Gasteiger partial charge in [0.15, 0.2) is 5.58 Å². The maximum absolute atomic E-state index is 13.3. The molecule has 1 atom stereocenters. The molecule has 10 heteroatoms. The number of nitrogens with zero attached hydrogens (tertiary/aromatic N) is 2. The Kier molecular flexibility index (Phi) is 7.40. The number of nitrogens with one attached hydrogen (secondary N) is 5. The van der Waals surface area contributed by atoms with E-state index in [2.05, 4.69) is 26.3 Å². The van der Waals surface area contributed by atoms with Crippen molar-refractivity contribution in [3.8, 4) is 0 Å². The van der Waals surface area contributed by atoms with Crippen molar-refractivity contribution in [3.05, 3.63) is 81.2 Å². The number of oxazole rings is 1. The largest absolute Gasteiger partial charge is 0.423 e. The van der Waals surface area contributed by atoms with E-state index >= 15 is 0 Å². The Morgan fingerprint density at radius 2 is 2.06 bits per heavy atom. The standard InChI is InChI=1S/C26H28ClN7O2/c1-14-8-9-18(19(27)10-14)22-21(24(35)30-13-17(11-28)12-29-4)16(3)31-25(33-22)34-26-32-20-7-5-6-15(2)23(20)36-26/h5-12,22,28-29H,13H2,1-4H3,(H,30,35)(H2,31,32,33,34)/b17-12+,28-11?. The summed E-state index contributed by atoms with van der Waals surface area (Å²) in [7, 11) is 1.74. The number of anilines is 1. The molecule has 1 aliphatic heterocycles. The van der Waals surface area contributed by atoms with Crippen LogP contribution in [0, 0.1) is 19.3 Å². The molecule has 0 bridgehead atoms. The summed E-state index contributed by atoms with van der Waals surface area (Å²) in [5.74, 6) is 0.0657. The van der Waals surface area contributed by atoms with Crippen molar-refractivity contribution in [1.29, 1.82) is 5.41 Å². The van der Waals surface area contributed by atoms with Crippen molar-refractivity contribution < 1.29 is 9.21 Å². The third kappa shape index (κ3) is 5.26. The lowest BCUT2D eigenvalue weighted by atomic mass is 9.95. The van der Waals surface area contributed by atoms with Gasteiger partial charge in [0, 0.05) is 47.9 Å². The molecule has 9 nitrogen and oxygen atoms in total. The number of aliphatic imine (C=N–C) groups is 1. The Bertz CT molecular complexity index is 1420. The van der Waals surface area contributed by atoms with Crippen LogP contribution in [0.3, 0.4) is 0 Å². The first kappa shape index (κ1) is 25.0. The molecule has 0 saturated heterocycles. The van der Waals surface area contributed by atoms with Gasteiger partial charge in [0.2, 0.25) is 5.96 Å². The second kappa shape index (κ2) is 10.7. The topological polar surface area (TPSA) is 127 Å². The number of aromatic nitrogens is 1. The van der Waals surface area contributed by atoms with E-state index in [0.29, 0.717) is 39.0 Å². The second-order valence-corrected chi connectivity index (χ2v) is 8.88. The third-order valence-electron chi connectivity index (χ3n) is 5.74. The van der Waals surface area contributed by atoms with Crippen molar-refractivity contribution in [2.45, 2.75) is 26.8 Å². The monoisotopic (exact) mass is 505 g/mol. The summed E-state index contributed by atoms with van der Waals surface area (Å²) in [6.45, 7) is 5.89. The Morgan fingerprint density at radius 1 is 1.25 bits per heavy atom. The number of benzene rings is 2. The normalized spacial score (nSPS) is 15.9. The van der Waals surface area contributed by atoms with Gasteiger partial charge in [0.25, 0.3) is 5.91 Å². The summed E-state index contributed by atoms with van der Waals surface area (Å²) < 4.78 is 5.89. The zero-order valence-corrected chi connectivity index (χ0v) is 21.2. The number of aryl methyl sites for hydroxylation is 2. The number of hydrogen-bond donors (Lipinski definition) is 5. The maximum atomic E-state index is 13.3. The molecular formula is C26H28ClN7O2. The minimum absolute atomic E-state index is 0.186. The van der Waals surface area contributed by atoms with Crippen LogP contribution in [-0.4, -0.2) is 36.7 Å². The number of rotatable bonds is 7. The lowest BCUT2D eigenvalue weighted by Gasteiger charge is -2.27. The molecule has 3 aromatic rings. The van der Waals surface area contributed by atoms with E-state index in [1.165, 1.54) is 6.21 Å². The molecule has 0 spiro atoms. The van der Waals surface area contributed by atoms with Crippen LogP contribution >= 0.6 is 11.6 Å². The van der Waals surface area contributed by atoms with Gasteiger partial charge in [-0.1, -0.05) is 35.9 Å². The molecule has 36 heavy (non-hydrogen) atoms. The third-order valence-corrected chi connectivity index (χ3v) is 6.07. The summed E-state index contributed by atoms with van der Waals surface area (Å²) in [5.41, 5.74) is 5.74. The van der Waals surface area contributed by atoms with Gasteiger partial charge in [-0.05, 0) is 44.0 Å². The molecule has 0 saturated carbocycles. The number of hydrogen-bond acceptors (Lipinski definition) is 8. The zero-order chi connectivity index (χ0) is 25.8. The van der Waals surface area contributed by atoms with Crippen LogP contribution in [0.2, 0.25) is 5.02 Å². The highest BCUT2D eigenvalue weighted by Gasteiger charge is 2.31. The fraction of sp³-hybridized carbons (Fsp3) is 0.231. The Hall–Kier alpha value is -4.11. The number of carbonyl (C=O) groups excluding carboxylic acids is 1. The fourth-order valence-electron chi connectivity index (χ4n) is 3.96. The number of carbonyl (C=O) groups is 1. The lowest BCUT2D eigenvalue weighted by Crippen LogP contribution is -2.39. The lowest BCUT2D eigenvalue weighted by molar-refractivity contribution is -0.117. The predicted molar refractivity (Wildman–Crippen MR) is 144 cm³/mol. The Morgan fingerprint density at radius 3 is 2.75 bits per heavy atom. The quantitative estimate of drug-likeness (QED) is 0.304. The van der Waals surface area contributed by atoms with E-state index in [9.17, 15) is 4.79 Å². The van der Waals surface area contributed by atoms with E-state index in [1.54, 1.807) is 20.2 Å². The number of para-hydroxylation sites is 1. The van der Waals surface area contributed by atoms with Gasteiger partial charge in [-0.15, -0.1) is 0 Å². The van der Waals surface area contributed by atoms with E-state index in [-0.39, 0.29) is 18.5 Å². The number of amides is 1. The summed E-state index contributed by atoms with van der Waals surface area (Å²) in [6.07, 6.45) is 2.85. The minimum atomic E-state index is -0.676. The highest BCUT2D eigenvalue weighted by atomic mass is 35.5. The van der Waals surface area contributed by atoms with Crippen molar-refractivity contribution in [3.63, 3.8) is 0 Å². The number of guanidine groups is 1. The van der Waals surface area contributed by atoms with E-state index in [0.717, 1.165) is 16.6 Å². The molecule has 1 aliphatic rings. The van der Waals surface area contributed by atoms with Crippen LogP contribution in [0.4, 0.5) is 6.01 Å². The van der Waals surface area contributed by atoms with Gasteiger partial charge in [-0.25, -0.2) is 4.99 Å². The van der Waals surface area contributed by atoms with Gasteiger partial charge in [0.05, 0.1) is 5.57 Å². The fourth-order valence-corrected chi connectivity index (χ4v) is 4.30. The zero-order valence-electron chi connectivity index (χ0n) is 20.5. The molecule has 1 aromatic heterocycles. The summed E-state index contributed by atoms with van der Waals surface area (Å²) in [6, 6.07) is 11.0. The van der Waals surface area contributed by atoms with Gasteiger partial charge in [-0.2, -0.15) is 4.98 Å². The van der Waals surface area contributed by atoms with Crippen molar-refractivity contribution in [1.82, 2.24) is 20.9 Å². The average molecular weight is 506 g/mol. The minimum Gasteiger partial charge on any atom is -0.423 e. The van der Waals surface area contributed by atoms with Crippen molar-refractivity contribution in [2.24, 2.45) is 4.99 Å². The highest BCUT2D eigenvalue weighted by Crippen LogP contribution is 2.35. The van der Waals surface area contributed by atoms with Gasteiger partial charge < -0.3 is 25.8 Å². The number of allylic oxidation sites excluding steroid dienone is 1. The van der Waals surface area contributed by atoms with E-state index in [1.807, 2.05) is 50.2 Å². The van der Waals surface area contributed by atoms with Gasteiger partial charge >= 0.3 is 6.01 Å². The Balaban J connectivity index is 1.68. The molecule has 0 aliphatic carbocycles. The smallest absolute Gasteiger partial charge is 0.302 e. The maximum Gasteiger partial charge on any atom is 0.302 e. The van der Waals surface area contributed by atoms with Crippen LogP contribution in [0.5, 0.6) is 0 Å². The van der Waals surface area contributed by atoms with Crippen LogP contribution in [-0.2, 0) is 4.79 Å². The Labute approximate surface area is 214 Å². The molecule has 5 N–H and O–H groups in total. The number of halogens is 1. The molecule has 2 aromatic carbocycles. The molecule has 1 unspecified atom stereocenters. The molecule has 0 radical (unpaired) electrons. The van der Waals surface area contributed by atoms with Crippen LogP contribution in [0.25, 0.3) is 11.1 Å². The molecule has 4 rings (SSSR count). The SMILES string of the molecule is CN/C=C(\C=N)CNC(=O)C1=C(C)NC(Nc2nc3cccc(C)c3o2)=NC1c1ccc(C)cc1Cl. The molecule has 186 valence electrons. The van der Waals surface area contributed by atoms with Crippen molar-refractivity contribution >= 4 is 46.8 Å². The van der Waals surface area contributed by atoms with Crippen LogP contribution in [0.15, 0.2) is 68.9 Å². The average Bonchev–Trinajstić information content (AvgIpc) is 3.25. The van der Waals surface area contributed by atoms with Crippen LogP contribution < -0.4 is 21.3 Å². The first-order chi connectivity index (χ1) is 17.3. The molecule has 1 amide bonds. The molecular weight excluding hydrogens is 478 g/mol.